The third-order valence-electron chi connectivity index (χ3n) is 2.86. The van der Waals surface area contributed by atoms with Crippen molar-refractivity contribution in [2.75, 3.05) is 0 Å². The Morgan fingerprint density at radius 2 is 1.53 bits per heavy atom. The number of aryl methyl sites for hydroxylation is 1. The second-order valence-corrected chi connectivity index (χ2v) is 6.06. The molecule has 19 heavy (non-hydrogen) atoms. The van der Waals surface area contributed by atoms with Crippen LogP contribution >= 0.6 is 0 Å². The Labute approximate surface area is 111 Å². The Hall–Kier alpha value is -2.01. The zero-order valence-electron chi connectivity index (χ0n) is 10.4. The molecule has 5 heteroatoms. The van der Waals surface area contributed by atoms with E-state index >= 15 is 0 Å². The van der Waals surface area contributed by atoms with Gasteiger partial charge in [0.15, 0.2) is 0 Å². The smallest absolute Gasteiger partial charge is 0.206 e. The van der Waals surface area contributed by atoms with Gasteiger partial charge >= 0.3 is 0 Å². The minimum absolute atomic E-state index is 0.0142. The molecule has 0 aliphatic heterocycles. The summed E-state index contributed by atoms with van der Waals surface area (Å²) in [5, 5.41) is 18.6. The Morgan fingerprint density at radius 1 is 0.947 bits per heavy atom. The molecule has 0 aromatic heterocycles. The summed E-state index contributed by atoms with van der Waals surface area (Å²) in [5.41, 5.74) is 0.563. The first-order chi connectivity index (χ1) is 8.95. The molecule has 0 aliphatic carbocycles. The minimum atomic E-state index is -3.64. The summed E-state index contributed by atoms with van der Waals surface area (Å²) in [6.45, 7) is 1.82. The highest BCUT2D eigenvalue weighted by Gasteiger charge is 2.20. The van der Waals surface area contributed by atoms with Crippen molar-refractivity contribution in [3.63, 3.8) is 0 Å². The summed E-state index contributed by atoms with van der Waals surface area (Å²) < 4.78 is 24.9. The molecule has 0 unspecified atom stereocenters. The highest BCUT2D eigenvalue weighted by Crippen LogP contribution is 2.28. The number of benzene rings is 2. The van der Waals surface area contributed by atoms with Crippen LogP contribution in [0.1, 0.15) is 12.5 Å². The standard InChI is InChI=1S/C14H14O4S/c1-2-10-9-12(16)5-8-14(10)19(17,18)13-6-3-11(15)4-7-13/h3-9,15-16H,2H2,1H3. The molecule has 100 valence electrons. The first-order valence-electron chi connectivity index (χ1n) is 5.81. The van der Waals surface area contributed by atoms with E-state index in [1.807, 2.05) is 6.92 Å². The Morgan fingerprint density at radius 3 is 2.11 bits per heavy atom. The van der Waals surface area contributed by atoms with Crippen molar-refractivity contribution in [3.05, 3.63) is 48.0 Å². The van der Waals surface area contributed by atoms with Crippen molar-refractivity contribution in [1.82, 2.24) is 0 Å². The average Bonchev–Trinajstić information content (AvgIpc) is 2.38. The SMILES string of the molecule is CCc1cc(O)ccc1S(=O)(=O)c1ccc(O)cc1. The molecule has 2 aromatic carbocycles. The van der Waals surface area contributed by atoms with E-state index in [4.69, 9.17) is 0 Å². The highest BCUT2D eigenvalue weighted by atomic mass is 32.2. The fraction of sp³-hybridized carbons (Fsp3) is 0.143. The van der Waals surface area contributed by atoms with Crippen LogP contribution in [0.4, 0.5) is 0 Å². The van der Waals surface area contributed by atoms with Crippen molar-refractivity contribution in [2.45, 2.75) is 23.1 Å². The van der Waals surface area contributed by atoms with E-state index in [9.17, 15) is 18.6 Å². The fourth-order valence-electron chi connectivity index (χ4n) is 1.86. The number of sulfone groups is 1. The lowest BCUT2D eigenvalue weighted by atomic mass is 10.2. The van der Waals surface area contributed by atoms with E-state index in [0.29, 0.717) is 12.0 Å². The Kier molecular flexibility index (Phi) is 3.48. The summed E-state index contributed by atoms with van der Waals surface area (Å²) in [6, 6.07) is 9.59. The van der Waals surface area contributed by atoms with Gasteiger partial charge in [0.05, 0.1) is 9.79 Å². The van der Waals surface area contributed by atoms with Gasteiger partial charge in [0.2, 0.25) is 9.84 Å². The molecule has 2 N–H and O–H groups in total. The summed E-state index contributed by atoms with van der Waals surface area (Å²) in [5.74, 6) is 0.0573. The van der Waals surface area contributed by atoms with Gasteiger partial charge in [-0.05, 0) is 54.4 Å². The monoisotopic (exact) mass is 278 g/mol. The average molecular weight is 278 g/mol. The maximum Gasteiger partial charge on any atom is 0.206 e. The van der Waals surface area contributed by atoms with Gasteiger partial charge in [0, 0.05) is 0 Å². The van der Waals surface area contributed by atoms with Crippen LogP contribution in [0.25, 0.3) is 0 Å². The highest BCUT2D eigenvalue weighted by molar-refractivity contribution is 7.91. The van der Waals surface area contributed by atoms with E-state index in [1.165, 1.54) is 42.5 Å². The molecule has 0 fully saturated rings. The zero-order valence-corrected chi connectivity index (χ0v) is 11.2. The fourth-order valence-corrected chi connectivity index (χ4v) is 3.40. The Bertz CT molecular complexity index is 688. The second kappa shape index (κ2) is 4.93. The predicted molar refractivity (Wildman–Crippen MR) is 71.0 cm³/mol. The van der Waals surface area contributed by atoms with Crippen LogP contribution in [0, 0.1) is 0 Å². The Balaban J connectivity index is 2.59. The summed E-state index contributed by atoms with van der Waals surface area (Å²) in [7, 11) is -3.64. The van der Waals surface area contributed by atoms with Crippen LogP contribution in [0.3, 0.4) is 0 Å². The molecule has 2 rings (SSSR count). The number of phenolic OH excluding ortho intramolecular Hbond substituents is 2. The molecule has 0 heterocycles. The largest absolute Gasteiger partial charge is 0.508 e. The summed E-state index contributed by atoms with van der Waals surface area (Å²) >= 11 is 0. The molecule has 0 radical (unpaired) electrons. The molecule has 0 atom stereocenters. The molecule has 0 saturated carbocycles. The van der Waals surface area contributed by atoms with Crippen LogP contribution < -0.4 is 0 Å². The van der Waals surface area contributed by atoms with Gasteiger partial charge < -0.3 is 10.2 Å². The molecule has 0 bridgehead atoms. The second-order valence-electron chi connectivity index (χ2n) is 4.14. The first kappa shape index (κ1) is 13.4. The van der Waals surface area contributed by atoms with Gasteiger partial charge in [-0.1, -0.05) is 6.92 Å². The van der Waals surface area contributed by atoms with Crippen LogP contribution in [-0.4, -0.2) is 18.6 Å². The van der Waals surface area contributed by atoms with Gasteiger partial charge in [0.25, 0.3) is 0 Å². The summed E-state index contributed by atoms with van der Waals surface area (Å²) in [6.07, 6.45) is 0.501. The van der Waals surface area contributed by atoms with E-state index in [1.54, 1.807) is 0 Å². The molecule has 0 spiro atoms. The van der Waals surface area contributed by atoms with Gasteiger partial charge in [0.1, 0.15) is 11.5 Å². The van der Waals surface area contributed by atoms with E-state index < -0.39 is 9.84 Å². The third-order valence-corrected chi connectivity index (χ3v) is 4.73. The van der Waals surface area contributed by atoms with E-state index in [0.717, 1.165) is 0 Å². The number of rotatable bonds is 3. The van der Waals surface area contributed by atoms with Crippen molar-refractivity contribution >= 4 is 9.84 Å². The minimum Gasteiger partial charge on any atom is -0.508 e. The lowest BCUT2D eigenvalue weighted by Crippen LogP contribution is -2.05. The maximum atomic E-state index is 12.5. The summed E-state index contributed by atoms with van der Waals surface area (Å²) in [4.78, 5) is 0.296. The van der Waals surface area contributed by atoms with Gasteiger partial charge in [-0.2, -0.15) is 0 Å². The third kappa shape index (κ3) is 2.56. The van der Waals surface area contributed by atoms with Crippen molar-refractivity contribution in [1.29, 1.82) is 0 Å². The normalized spacial score (nSPS) is 11.4. The molecule has 4 nitrogen and oxygen atoms in total. The van der Waals surface area contributed by atoms with Crippen molar-refractivity contribution in [3.8, 4) is 11.5 Å². The molecule has 0 amide bonds. The van der Waals surface area contributed by atoms with Crippen molar-refractivity contribution in [2.24, 2.45) is 0 Å². The van der Waals surface area contributed by atoms with E-state index in [-0.39, 0.29) is 21.3 Å². The number of hydrogen-bond acceptors (Lipinski definition) is 4. The van der Waals surface area contributed by atoms with Crippen molar-refractivity contribution < 1.29 is 18.6 Å². The van der Waals surface area contributed by atoms with Crippen LogP contribution in [0.2, 0.25) is 0 Å². The number of aromatic hydroxyl groups is 2. The molecular formula is C14H14O4S. The van der Waals surface area contributed by atoms with E-state index in [2.05, 4.69) is 0 Å². The van der Waals surface area contributed by atoms with Crippen LogP contribution in [-0.2, 0) is 16.3 Å². The quantitative estimate of drug-likeness (QED) is 0.904. The molecule has 2 aromatic rings. The zero-order chi connectivity index (χ0) is 14.0. The van der Waals surface area contributed by atoms with Crippen LogP contribution in [0.5, 0.6) is 11.5 Å². The molecule has 0 aliphatic rings. The molecular weight excluding hydrogens is 264 g/mol. The lowest BCUT2D eigenvalue weighted by molar-refractivity contribution is 0.473. The lowest BCUT2D eigenvalue weighted by Gasteiger charge is -2.10. The van der Waals surface area contributed by atoms with Gasteiger partial charge in [-0.25, -0.2) is 8.42 Å². The first-order valence-corrected chi connectivity index (χ1v) is 7.29. The maximum absolute atomic E-state index is 12.5. The van der Waals surface area contributed by atoms with Crippen LogP contribution in [0.15, 0.2) is 52.3 Å². The topological polar surface area (TPSA) is 74.6 Å². The molecule has 0 saturated heterocycles. The number of hydrogen-bond donors (Lipinski definition) is 2. The predicted octanol–water partition coefficient (Wildman–Crippen LogP) is 2.49. The van der Waals surface area contributed by atoms with Gasteiger partial charge in [-0.3, -0.25) is 0 Å². The van der Waals surface area contributed by atoms with Gasteiger partial charge in [-0.15, -0.1) is 0 Å². The number of phenols is 2.